The zero-order chi connectivity index (χ0) is 39.0. The van der Waals surface area contributed by atoms with Crippen molar-refractivity contribution in [2.24, 2.45) is 0 Å². The summed E-state index contributed by atoms with van der Waals surface area (Å²) in [5, 5.41) is 2.41. The average molecular weight is 743 g/mol. The molecule has 0 radical (unpaired) electrons. The van der Waals surface area contributed by atoms with E-state index in [1.807, 2.05) is 0 Å². The summed E-state index contributed by atoms with van der Waals surface area (Å²) in [5.74, 6) is 0. The third kappa shape index (κ3) is 6.45. The van der Waals surface area contributed by atoms with Crippen LogP contribution in [-0.2, 0) is 0 Å². The Balaban J connectivity index is 1.21. The van der Waals surface area contributed by atoms with E-state index >= 15 is 0 Å². The second-order valence-corrected chi connectivity index (χ2v) is 15.2. The van der Waals surface area contributed by atoms with Gasteiger partial charge in [-0.2, -0.15) is 0 Å². The zero-order valence-corrected chi connectivity index (χ0v) is 32.7. The van der Waals surface area contributed by atoms with Crippen LogP contribution in [0.5, 0.6) is 0 Å². The summed E-state index contributed by atoms with van der Waals surface area (Å²) in [6.07, 6.45) is 0. The largest absolute Gasteiger partial charge is 0.310 e. The Morgan fingerprint density at radius 2 is 0.810 bits per heavy atom. The van der Waals surface area contributed by atoms with Gasteiger partial charge in [0.2, 0.25) is 0 Å². The van der Waals surface area contributed by atoms with Gasteiger partial charge in [-0.05, 0) is 107 Å². The van der Waals surface area contributed by atoms with Crippen molar-refractivity contribution in [2.75, 3.05) is 4.90 Å². The first-order valence-corrected chi connectivity index (χ1v) is 20.0. The van der Waals surface area contributed by atoms with E-state index in [0.717, 1.165) is 28.3 Å². The van der Waals surface area contributed by atoms with Crippen molar-refractivity contribution >= 4 is 38.9 Å². The summed E-state index contributed by atoms with van der Waals surface area (Å²) in [4.78, 5) is 2.42. The van der Waals surface area contributed by atoms with E-state index in [4.69, 9.17) is 0 Å². The summed E-state index contributed by atoms with van der Waals surface area (Å²) in [6, 6.07) is 79.4. The Hall–Kier alpha value is -7.42. The van der Waals surface area contributed by atoms with Crippen LogP contribution in [0.25, 0.3) is 72.0 Å². The predicted molar refractivity (Wildman–Crippen MR) is 247 cm³/mol. The molecule has 276 valence electrons. The van der Waals surface area contributed by atoms with Gasteiger partial charge < -0.3 is 9.47 Å². The number of para-hydroxylation sites is 1. The fourth-order valence-corrected chi connectivity index (χ4v) is 8.64. The maximum absolute atomic E-state index is 2.48. The molecule has 1 heterocycles. The molecule has 2 heteroatoms. The molecular formula is C56H42N2. The Bertz CT molecular complexity index is 2930. The fourth-order valence-electron chi connectivity index (χ4n) is 8.64. The molecule has 0 saturated carbocycles. The summed E-state index contributed by atoms with van der Waals surface area (Å²) >= 11 is 0. The first-order valence-electron chi connectivity index (χ1n) is 20.0. The minimum Gasteiger partial charge on any atom is -0.310 e. The van der Waals surface area contributed by atoms with E-state index in [1.54, 1.807) is 0 Å². The Morgan fingerprint density at radius 3 is 1.38 bits per heavy atom. The van der Waals surface area contributed by atoms with Gasteiger partial charge >= 0.3 is 0 Å². The smallest absolute Gasteiger partial charge is 0.0562 e. The van der Waals surface area contributed by atoms with Crippen molar-refractivity contribution in [2.45, 2.75) is 13.8 Å². The molecule has 10 rings (SSSR count). The van der Waals surface area contributed by atoms with Gasteiger partial charge in [0.05, 0.1) is 22.4 Å². The third-order valence-corrected chi connectivity index (χ3v) is 11.3. The average Bonchev–Trinajstić information content (AvgIpc) is 3.62. The molecule has 2 nitrogen and oxygen atoms in total. The molecule has 0 unspecified atom stereocenters. The summed E-state index contributed by atoms with van der Waals surface area (Å²) in [6.45, 7) is 4.38. The number of benzene rings is 9. The number of aryl methyl sites for hydroxylation is 2. The Labute approximate surface area is 340 Å². The number of anilines is 3. The molecule has 0 aliphatic carbocycles. The Morgan fingerprint density at radius 1 is 0.345 bits per heavy atom. The van der Waals surface area contributed by atoms with Crippen LogP contribution < -0.4 is 4.90 Å². The first kappa shape index (κ1) is 35.0. The fraction of sp³-hybridized carbons (Fsp3) is 0.0357. The highest BCUT2D eigenvalue weighted by Gasteiger charge is 2.23. The van der Waals surface area contributed by atoms with Crippen LogP contribution in [0, 0.1) is 13.8 Å². The van der Waals surface area contributed by atoms with Gasteiger partial charge in [-0.1, -0.05) is 175 Å². The topological polar surface area (TPSA) is 8.17 Å². The molecule has 10 aromatic rings. The number of hydrogen-bond acceptors (Lipinski definition) is 1. The predicted octanol–water partition coefficient (Wildman–Crippen LogP) is 15.5. The molecule has 58 heavy (non-hydrogen) atoms. The van der Waals surface area contributed by atoms with Crippen LogP contribution >= 0.6 is 0 Å². The highest BCUT2D eigenvalue weighted by molar-refractivity contribution is 6.17. The normalized spacial score (nSPS) is 11.3. The zero-order valence-electron chi connectivity index (χ0n) is 32.7. The highest BCUT2D eigenvalue weighted by atomic mass is 15.1. The molecule has 9 aromatic carbocycles. The molecule has 0 aliphatic rings. The van der Waals surface area contributed by atoms with E-state index < -0.39 is 0 Å². The molecular weight excluding hydrogens is 701 g/mol. The molecule has 0 fully saturated rings. The van der Waals surface area contributed by atoms with Crippen molar-refractivity contribution in [3.8, 4) is 50.2 Å². The van der Waals surface area contributed by atoms with Crippen molar-refractivity contribution in [3.05, 3.63) is 230 Å². The number of nitrogens with zero attached hydrogens (tertiary/aromatic N) is 2. The van der Waals surface area contributed by atoms with Gasteiger partial charge in [0.15, 0.2) is 0 Å². The van der Waals surface area contributed by atoms with Crippen molar-refractivity contribution in [1.82, 2.24) is 4.57 Å². The van der Waals surface area contributed by atoms with E-state index in [9.17, 15) is 0 Å². The van der Waals surface area contributed by atoms with Gasteiger partial charge in [-0.25, -0.2) is 0 Å². The van der Waals surface area contributed by atoms with Crippen LogP contribution in [0.15, 0.2) is 218 Å². The quantitative estimate of drug-likeness (QED) is 0.150. The monoisotopic (exact) mass is 742 g/mol. The summed E-state index contributed by atoms with van der Waals surface area (Å²) in [5.41, 5.74) is 18.9. The minimum absolute atomic E-state index is 1.10. The lowest BCUT2D eigenvalue weighted by Crippen LogP contribution is -2.10. The van der Waals surface area contributed by atoms with E-state index in [2.05, 4.69) is 242 Å². The molecule has 0 spiro atoms. The van der Waals surface area contributed by atoms with Gasteiger partial charge in [0.1, 0.15) is 0 Å². The molecule has 0 atom stereocenters. The van der Waals surface area contributed by atoms with Crippen molar-refractivity contribution in [1.29, 1.82) is 0 Å². The molecule has 0 saturated heterocycles. The molecule has 0 bridgehead atoms. The maximum atomic E-state index is 2.48. The molecule has 0 N–H and O–H groups in total. The first-order chi connectivity index (χ1) is 28.6. The number of fused-ring (bicyclic) bond motifs is 3. The number of rotatable bonds is 8. The van der Waals surface area contributed by atoms with Gasteiger partial charge in [-0.15, -0.1) is 0 Å². The lowest BCUT2D eigenvalue weighted by Gasteiger charge is -2.27. The molecule has 0 aliphatic heterocycles. The lowest BCUT2D eigenvalue weighted by molar-refractivity contribution is 1.18. The standard InChI is InChI=1S/C56H42N2/c1-39-35-40(2)37-47(36-39)51-38-46(43-19-10-5-11-20-43)29-34-53(51)58-52-22-13-12-21-50(52)56-54(23-14-24-55(56)58)57(48-30-25-44(26-31-48)41-15-6-3-7-16-41)49-32-27-45(28-33-49)42-17-8-4-9-18-42/h3-38H,1-2H3. The van der Waals surface area contributed by atoms with Crippen molar-refractivity contribution in [3.63, 3.8) is 0 Å². The Kier molecular flexibility index (Phi) is 9.01. The van der Waals surface area contributed by atoms with E-state index in [0.29, 0.717) is 0 Å². The maximum Gasteiger partial charge on any atom is 0.0562 e. The molecule has 1 aromatic heterocycles. The highest BCUT2D eigenvalue weighted by Crippen LogP contribution is 2.46. The van der Waals surface area contributed by atoms with Crippen LogP contribution in [0.3, 0.4) is 0 Å². The summed E-state index contributed by atoms with van der Waals surface area (Å²) < 4.78 is 2.48. The molecule has 0 amide bonds. The van der Waals surface area contributed by atoms with Crippen LogP contribution in [0.1, 0.15) is 11.1 Å². The van der Waals surface area contributed by atoms with E-state index in [-0.39, 0.29) is 0 Å². The SMILES string of the molecule is Cc1cc(C)cc(-c2cc(-c3ccccc3)ccc2-n2c3ccccc3c3c(N(c4ccc(-c5ccccc5)cc4)c4ccc(-c5ccccc5)cc4)cccc32)c1. The number of hydrogen-bond donors (Lipinski definition) is 0. The van der Waals surface area contributed by atoms with Gasteiger partial charge in [-0.3, -0.25) is 0 Å². The third-order valence-electron chi connectivity index (χ3n) is 11.3. The van der Waals surface area contributed by atoms with Crippen LogP contribution in [0.2, 0.25) is 0 Å². The number of aromatic nitrogens is 1. The minimum atomic E-state index is 1.10. The lowest BCUT2D eigenvalue weighted by atomic mass is 9.95. The van der Waals surface area contributed by atoms with E-state index in [1.165, 1.54) is 71.9 Å². The van der Waals surface area contributed by atoms with Crippen LogP contribution in [0.4, 0.5) is 17.1 Å². The van der Waals surface area contributed by atoms with Crippen molar-refractivity contribution < 1.29 is 0 Å². The second-order valence-electron chi connectivity index (χ2n) is 15.2. The van der Waals surface area contributed by atoms with Gasteiger partial charge in [0, 0.05) is 27.7 Å². The van der Waals surface area contributed by atoms with Crippen LogP contribution in [-0.4, -0.2) is 4.57 Å². The second kappa shape index (κ2) is 14.9. The summed E-state index contributed by atoms with van der Waals surface area (Å²) in [7, 11) is 0. The van der Waals surface area contributed by atoms with Gasteiger partial charge in [0.25, 0.3) is 0 Å².